The molecule has 3 aromatic heterocycles. The highest BCUT2D eigenvalue weighted by Gasteiger charge is 2.08. The van der Waals surface area contributed by atoms with Gasteiger partial charge >= 0.3 is 0 Å². The number of carbonyl (C=O) groups is 1. The molecule has 3 rings (SSSR count). The quantitative estimate of drug-likeness (QED) is 0.684. The van der Waals surface area contributed by atoms with Gasteiger partial charge in [-0.05, 0) is 40.2 Å². The maximum Gasteiger partial charge on any atom is 0.192 e. The van der Waals surface area contributed by atoms with Gasteiger partial charge in [-0.15, -0.1) is 16.4 Å². The third-order valence-electron chi connectivity index (χ3n) is 2.29. The summed E-state index contributed by atoms with van der Waals surface area (Å²) in [7, 11) is 0. The molecule has 84 valence electrons. The van der Waals surface area contributed by atoms with Crippen LogP contribution in [-0.4, -0.2) is 20.9 Å². The van der Waals surface area contributed by atoms with Crippen molar-refractivity contribution in [1.82, 2.24) is 14.6 Å². The zero-order valence-corrected chi connectivity index (χ0v) is 10.9. The monoisotopic (exact) mass is 307 g/mol. The molecule has 0 N–H and O–H groups in total. The van der Waals surface area contributed by atoms with Gasteiger partial charge in [0.2, 0.25) is 0 Å². The number of hydrogen-bond acceptors (Lipinski definition) is 4. The molecule has 0 atom stereocenters. The van der Waals surface area contributed by atoms with E-state index in [0.29, 0.717) is 17.0 Å². The Bertz CT molecular complexity index is 704. The maximum absolute atomic E-state index is 10.7. The molecule has 0 aromatic carbocycles. The Morgan fingerprint density at radius 3 is 2.94 bits per heavy atom. The summed E-state index contributed by atoms with van der Waals surface area (Å²) in [5.41, 5.74) is 1.28. The van der Waals surface area contributed by atoms with Crippen molar-refractivity contribution >= 4 is 39.2 Å². The summed E-state index contributed by atoms with van der Waals surface area (Å²) >= 11 is 4.98. The van der Waals surface area contributed by atoms with Gasteiger partial charge in [-0.2, -0.15) is 0 Å². The first-order valence-corrected chi connectivity index (χ1v) is 6.44. The van der Waals surface area contributed by atoms with Gasteiger partial charge in [0, 0.05) is 11.8 Å². The van der Waals surface area contributed by atoms with E-state index in [1.54, 1.807) is 34.2 Å². The summed E-state index contributed by atoms with van der Waals surface area (Å²) in [6, 6.07) is 7.35. The average Bonchev–Trinajstić information content (AvgIpc) is 2.93. The Morgan fingerprint density at radius 2 is 2.24 bits per heavy atom. The highest BCUT2D eigenvalue weighted by Crippen LogP contribution is 2.29. The molecule has 0 spiro atoms. The molecule has 0 radical (unpaired) electrons. The normalized spacial score (nSPS) is 10.9. The van der Waals surface area contributed by atoms with Gasteiger partial charge in [0.25, 0.3) is 0 Å². The first kappa shape index (κ1) is 10.6. The van der Waals surface area contributed by atoms with Crippen LogP contribution in [0.1, 0.15) is 10.4 Å². The third-order valence-corrected chi connectivity index (χ3v) is 3.91. The van der Waals surface area contributed by atoms with E-state index in [0.717, 1.165) is 14.9 Å². The second-order valence-electron chi connectivity index (χ2n) is 3.42. The lowest BCUT2D eigenvalue weighted by Gasteiger charge is -1.90. The van der Waals surface area contributed by atoms with Gasteiger partial charge in [-0.25, -0.2) is 9.50 Å². The first-order valence-electron chi connectivity index (χ1n) is 4.83. The van der Waals surface area contributed by atoms with Crippen LogP contribution in [0.25, 0.3) is 16.3 Å². The molecule has 4 nitrogen and oxygen atoms in total. The Labute approximate surface area is 109 Å². The van der Waals surface area contributed by atoms with Crippen molar-refractivity contribution in [3.8, 4) is 10.7 Å². The fourth-order valence-electron chi connectivity index (χ4n) is 1.51. The minimum absolute atomic E-state index is 0.601. The molecule has 0 saturated heterocycles. The van der Waals surface area contributed by atoms with Crippen LogP contribution in [0.5, 0.6) is 0 Å². The first-order chi connectivity index (χ1) is 8.26. The van der Waals surface area contributed by atoms with Crippen LogP contribution in [0.2, 0.25) is 0 Å². The molecule has 0 bridgehead atoms. The summed E-state index contributed by atoms with van der Waals surface area (Å²) in [6.45, 7) is 0. The van der Waals surface area contributed by atoms with Gasteiger partial charge < -0.3 is 0 Å². The second-order valence-corrected chi connectivity index (χ2v) is 5.88. The molecular weight excluding hydrogens is 302 g/mol. The summed E-state index contributed by atoms with van der Waals surface area (Å²) < 4.78 is 2.70. The zero-order chi connectivity index (χ0) is 11.8. The van der Waals surface area contributed by atoms with Gasteiger partial charge in [0.05, 0.1) is 8.66 Å². The summed E-state index contributed by atoms with van der Waals surface area (Å²) in [5.74, 6) is 0.670. The number of fused-ring (bicyclic) bond motifs is 1. The predicted octanol–water partition coefficient (Wildman–Crippen LogP) is 3.03. The molecule has 0 saturated carbocycles. The van der Waals surface area contributed by atoms with Crippen molar-refractivity contribution in [2.24, 2.45) is 0 Å². The number of hydrogen-bond donors (Lipinski definition) is 0. The van der Waals surface area contributed by atoms with Crippen molar-refractivity contribution < 1.29 is 4.79 Å². The van der Waals surface area contributed by atoms with E-state index in [4.69, 9.17) is 0 Å². The van der Waals surface area contributed by atoms with Crippen LogP contribution in [0.15, 0.2) is 34.2 Å². The van der Waals surface area contributed by atoms with Crippen LogP contribution in [0.3, 0.4) is 0 Å². The van der Waals surface area contributed by atoms with Crippen molar-refractivity contribution in [3.05, 3.63) is 39.8 Å². The van der Waals surface area contributed by atoms with E-state index in [1.165, 1.54) is 0 Å². The molecule has 0 aliphatic carbocycles. The van der Waals surface area contributed by atoms with E-state index in [1.807, 2.05) is 12.1 Å². The van der Waals surface area contributed by atoms with Crippen LogP contribution < -0.4 is 0 Å². The Kier molecular flexibility index (Phi) is 2.53. The number of pyridine rings is 1. The number of nitrogens with zero attached hydrogens (tertiary/aromatic N) is 3. The summed E-state index contributed by atoms with van der Waals surface area (Å²) in [5, 5.41) is 4.35. The maximum atomic E-state index is 10.7. The van der Waals surface area contributed by atoms with Crippen molar-refractivity contribution in [2.75, 3.05) is 0 Å². The number of rotatable bonds is 2. The van der Waals surface area contributed by atoms with Gasteiger partial charge in [-0.1, -0.05) is 0 Å². The lowest BCUT2D eigenvalue weighted by Crippen LogP contribution is -1.88. The largest absolute Gasteiger partial charge is 0.298 e. The lowest BCUT2D eigenvalue weighted by molar-refractivity contribution is 0.112. The van der Waals surface area contributed by atoms with E-state index >= 15 is 0 Å². The molecular formula is C11H6BrN3OS. The Balaban J connectivity index is 2.16. The smallest absolute Gasteiger partial charge is 0.192 e. The number of aromatic nitrogens is 3. The highest BCUT2D eigenvalue weighted by atomic mass is 79.9. The van der Waals surface area contributed by atoms with Gasteiger partial charge in [0.1, 0.15) is 6.29 Å². The highest BCUT2D eigenvalue weighted by molar-refractivity contribution is 9.11. The molecule has 0 aliphatic heterocycles. The molecule has 0 fully saturated rings. The Hall–Kier alpha value is -1.53. The molecule has 0 aliphatic rings. The van der Waals surface area contributed by atoms with E-state index < -0.39 is 0 Å². The molecule has 0 unspecified atom stereocenters. The van der Waals surface area contributed by atoms with Gasteiger partial charge in [0.15, 0.2) is 11.5 Å². The number of thiophene rings is 1. The summed E-state index contributed by atoms with van der Waals surface area (Å²) in [6.07, 6.45) is 2.54. The zero-order valence-electron chi connectivity index (χ0n) is 8.50. The fourth-order valence-corrected chi connectivity index (χ4v) is 2.82. The molecule has 3 aromatic rings. The van der Waals surface area contributed by atoms with Crippen LogP contribution in [0.4, 0.5) is 0 Å². The molecule has 6 heteroatoms. The third kappa shape index (κ3) is 1.89. The number of carbonyl (C=O) groups excluding carboxylic acids is 1. The summed E-state index contributed by atoms with van der Waals surface area (Å²) in [4.78, 5) is 16.0. The van der Waals surface area contributed by atoms with Crippen LogP contribution in [-0.2, 0) is 0 Å². The predicted molar refractivity (Wildman–Crippen MR) is 69.4 cm³/mol. The Morgan fingerprint density at radius 1 is 1.35 bits per heavy atom. The standard InChI is InChI=1S/C11H6BrN3OS/c12-9-2-1-8(17-9)11-13-10-5-7(6-16)3-4-15(10)14-11/h1-6H. The van der Waals surface area contributed by atoms with E-state index in [2.05, 4.69) is 26.0 Å². The molecule has 0 amide bonds. The van der Waals surface area contributed by atoms with Gasteiger partial charge in [-0.3, -0.25) is 4.79 Å². The number of aldehydes is 1. The minimum Gasteiger partial charge on any atom is -0.298 e. The second kappa shape index (κ2) is 4.05. The van der Waals surface area contributed by atoms with Crippen molar-refractivity contribution in [2.45, 2.75) is 0 Å². The number of halogens is 1. The lowest BCUT2D eigenvalue weighted by atomic mass is 10.3. The average molecular weight is 308 g/mol. The van der Waals surface area contributed by atoms with Crippen LogP contribution in [0, 0.1) is 0 Å². The van der Waals surface area contributed by atoms with E-state index in [9.17, 15) is 4.79 Å². The SMILES string of the molecule is O=Cc1ccn2nc(-c3ccc(Br)s3)nc2c1. The fraction of sp³-hybridized carbons (Fsp3) is 0. The van der Waals surface area contributed by atoms with Crippen molar-refractivity contribution in [1.29, 1.82) is 0 Å². The van der Waals surface area contributed by atoms with E-state index in [-0.39, 0.29) is 0 Å². The topological polar surface area (TPSA) is 47.3 Å². The molecule has 17 heavy (non-hydrogen) atoms. The van der Waals surface area contributed by atoms with Crippen molar-refractivity contribution in [3.63, 3.8) is 0 Å². The van der Waals surface area contributed by atoms with Crippen LogP contribution >= 0.6 is 27.3 Å². The molecule has 3 heterocycles. The minimum atomic E-state index is 0.601.